The average Bonchev–Trinajstić information content (AvgIpc) is 2.47. The largest absolute Gasteiger partial charge is 0.386 e. The second-order valence-electron chi connectivity index (χ2n) is 6.02. The van der Waals surface area contributed by atoms with Crippen molar-refractivity contribution >= 4 is 10.9 Å². The lowest BCUT2D eigenvalue weighted by Crippen LogP contribution is -2.15. The van der Waals surface area contributed by atoms with Crippen molar-refractivity contribution in [1.29, 1.82) is 0 Å². The number of rotatable bonds is 2. The van der Waals surface area contributed by atoms with Crippen LogP contribution in [0.25, 0.3) is 22.3 Å². The highest BCUT2D eigenvalue weighted by atomic mass is 16.3. The Balaban J connectivity index is 2.15. The van der Waals surface area contributed by atoms with Crippen LogP contribution in [-0.4, -0.2) is 15.1 Å². The molecule has 0 aliphatic heterocycles. The Labute approximate surface area is 128 Å². The van der Waals surface area contributed by atoms with Gasteiger partial charge in [-0.1, -0.05) is 36.4 Å². The van der Waals surface area contributed by atoms with Gasteiger partial charge in [-0.2, -0.15) is 0 Å². The topological polar surface area (TPSA) is 66.0 Å². The van der Waals surface area contributed by atoms with Crippen LogP contribution in [0.15, 0.2) is 47.3 Å². The van der Waals surface area contributed by atoms with E-state index in [2.05, 4.69) is 9.97 Å². The summed E-state index contributed by atoms with van der Waals surface area (Å²) >= 11 is 0. The first-order valence-electron chi connectivity index (χ1n) is 7.19. The SMILES string of the molecule is Cc1cccc2c(=O)[nH]c(-c3ccc(C(C)(C)O)cc3)nc12. The van der Waals surface area contributed by atoms with E-state index in [1.807, 2.05) is 43.3 Å². The number of fused-ring (bicyclic) bond motifs is 1. The molecule has 0 aliphatic carbocycles. The number of benzene rings is 2. The fourth-order valence-electron chi connectivity index (χ4n) is 2.48. The van der Waals surface area contributed by atoms with Crippen molar-refractivity contribution in [2.75, 3.05) is 0 Å². The van der Waals surface area contributed by atoms with Crippen LogP contribution in [-0.2, 0) is 5.60 Å². The molecule has 22 heavy (non-hydrogen) atoms. The summed E-state index contributed by atoms with van der Waals surface area (Å²) in [6.07, 6.45) is 0. The first kappa shape index (κ1) is 14.5. The van der Waals surface area contributed by atoms with E-state index in [1.165, 1.54) is 0 Å². The highest BCUT2D eigenvalue weighted by Gasteiger charge is 2.16. The molecule has 0 amide bonds. The van der Waals surface area contributed by atoms with Gasteiger partial charge in [-0.15, -0.1) is 0 Å². The molecule has 3 aromatic rings. The van der Waals surface area contributed by atoms with Crippen molar-refractivity contribution in [3.05, 3.63) is 63.9 Å². The van der Waals surface area contributed by atoms with Gasteiger partial charge in [0, 0.05) is 5.56 Å². The summed E-state index contributed by atoms with van der Waals surface area (Å²) in [6.45, 7) is 5.42. The zero-order chi connectivity index (χ0) is 15.9. The molecule has 3 rings (SSSR count). The molecule has 0 fully saturated rings. The van der Waals surface area contributed by atoms with Gasteiger partial charge in [0.05, 0.1) is 16.5 Å². The lowest BCUT2D eigenvalue weighted by molar-refractivity contribution is 0.0786. The maximum atomic E-state index is 12.2. The lowest BCUT2D eigenvalue weighted by atomic mass is 9.97. The number of nitrogens with one attached hydrogen (secondary N) is 1. The molecular formula is C18H18N2O2. The number of hydrogen-bond acceptors (Lipinski definition) is 3. The molecule has 0 saturated heterocycles. The van der Waals surface area contributed by atoms with E-state index < -0.39 is 5.60 Å². The van der Waals surface area contributed by atoms with Crippen molar-refractivity contribution in [3.8, 4) is 11.4 Å². The summed E-state index contributed by atoms with van der Waals surface area (Å²) in [5.41, 5.74) is 2.28. The minimum Gasteiger partial charge on any atom is -0.386 e. The first-order valence-corrected chi connectivity index (χ1v) is 7.19. The number of H-pyrrole nitrogens is 1. The third-order valence-electron chi connectivity index (χ3n) is 3.80. The number of nitrogens with zero attached hydrogens (tertiary/aromatic N) is 1. The summed E-state index contributed by atoms with van der Waals surface area (Å²) in [6, 6.07) is 13.0. The molecule has 1 aromatic heterocycles. The van der Waals surface area contributed by atoms with E-state index >= 15 is 0 Å². The maximum absolute atomic E-state index is 12.2. The van der Waals surface area contributed by atoms with E-state index in [0.29, 0.717) is 16.7 Å². The van der Waals surface area contributed by atoms with Gasteiger partial charge >= 0.3 is 0 Å². The van der Waals surface area contributed by atoms with Gasteiger partial charge in [-0.25, -0.2) is 4.98 Å². The Morgan fingerprint density at radius 3 is 2.41 bits per heavy atom. The molecular weight excluding hydrogens is 276 g/mol. The van der Waals surface area contributed by atoms with Crippen LogP contribution in [0.3, 0.4) is 0 Å². The predicted octanol–water partition coefficient (Wildman–Crippen LogP) is 3.13. The fourth-order valence-corrected chi connectivity index (χ4v) is 2.48. The second-order valence-corrected chi connectivity index (χ2v) is 6.02. The monoisotopic (exact) mass is 294 g/mol. The molecule has 2 N–H and O–H groups in total. The minimum absolute atomic E-state index is 0.143. The average molecular weight is 294 g/mol. The zero-order valence-electron chi connectivity index (χ0n) is 12.8. The van der Waals surface area contributed by atoms with Crippen LogP contribution in [0.2, 0.25) is 0 Å². The van der Waals surface area contributed by atoms with Crippen LogP contribution >= 0.6 is 0 Å². The Bertz CT molecular complexity index is 888. The molecule has 0 saturated carbocycles. The quantitative estimate of drug-likeness (QED) is 0.763. The van der Waals surface area contributed by atoms with Gasteiger partial charge in [0.25, 0.3) is 5.56 Å². The van der Waals surface area contributed by atoms with Crippen LogP contribution in [0.1, 0.15) is 25.0 Å². The number of aliphatic hydroxyl groups is 1. The van der Waals surface area contributed by atoms with Gasteiger partial charge in [0.1, 0.15) is 5.82 Å². The van der Waals surface area contributed by atoms with Crippen LogP contribution in [0.4, 0.5) is 0 Å². The first-order chi connectivity index (χ1) is 10.4. The standard InChI is InChI=1S/C18H18N2O2/c1-11-5-4-6-14-15(11)19-16(20-17(14)21)12-7-9-13(10-8-12)18(2,3)22/h4-10,22H,1-3H3,(H,19,20,21). The molecule has 112 valence electrons. The molecule has 4 heteroatoms. The molecule has 4 nitrogen and oxygen atoms in total. The lowest BCUT2D eigenvalue weighted by Gasteiger charge is -2.17. The number of aryl methyl sites for hydroxylation is 1. The highest BCUT2D eigenvalue weighted by Crippen LogP contribution is 2.23. The summed E-state index contributed by atoms with van der Waals surface area (Å²) in [5.74, 6) is 0.536. The van der Waals surface area contributed by atoms with Crippen molar-refractivity contribution in [2.45, 2.75) is 26.4 Å². The normalized spacial score (nSPS) is 11.8. The van der Waals surface area contributed by atoms with Crippen LogP contribution in [0.5, 0.6) is 0 Å². The Hall–Kier alpha value is -2.46. The summed E-state index contributed by atoms with van der Waals surface area (Å²) in [7, 11) is 0. The van der Waals surface area contributed by atoms with E-state index in [0.717, 1.165) is 16.7 Å². The van der Waals surface area contributed by atoms with Crippen molar-refractivity contribution in [2.24, 2.45) is 0 Å². The van der Waals surface area contributed by atoms with Crippen LogP contribution in [0, 0.1) is 6.92 Å². The van der Waals surface area contributed by atoms with Crippen LogP contribution < -0.4 is 5.56 Å². The number of hydrogen-bond donors (Lipinski definition) is 2. The molecule has 0 bridgehead atoms. The number of aromatic nitrogens is 2. The third-order valence-corrected chi connectivity index (χ3v) is 3.80. The number of para-hydroxylation sites is 1. The van der Waals surface area contributed by atoms with Gasteiger partial charge in [-0.05, 0) is 38.0 Å². The summed E-state index contributed by atoms with van der Waals surface area (Å²) < 4.78 is 0. The minimum atomic E-state index is -0.890. The molecule has 0 spiro atoms. The Kier molecular flexibility index (Phi) is 3.34. The fraction of sp³-hybridized carbons (Fsp3) is 0.222. The number of aromatic amines is 1. The maximum Gasteiger partial charge on any atom is 0.259 e. The zero-order valence-corrected chi connectivity index (χ0v) is 12.8. The highest BCUT2D eigenvalue weighted by molar-refractivity contribution is 5.82. The van der Waals surface area contributed by atoms with E-state index in [4.69, 9.17) is 0 Å². The van der Waals surface area contributed by atoms with Gasteiger partial charge in [0.15, 0.2) is 0 Å². The van der Waals surface area contributed by atoms with Gasteiger partial charge in [0.2, 0.25) is 0 Å². The van der Waals surface area contributed by atoms with Gasteiger partial charge in [-0.3, -0.25) is 4.79 Å². The smallest absolute Gasteiger partial charge is 0.259 e. The Morgan fingerprint density at radius 1 is 1.09 bits per heavy atom. The molecule has 0 aliphatic rings. The van der Waals surface area contributed by atoms with E-state index in [9.17, 15) is 9.90 Å². The molecule has 1 heterocycles. The summed E-state index contributed by atoms with van der Waals surface area (Å²) in [4.78, 5) is 19.6. The summed E-state index contributed by atoms with van der Waals surface area (Å²) in [5, 5.41) is 10.6. The van der Waals surface area contributed by atoms with Crippen molar-refractivity contribution in [3.63, 3.8) is 0 Å². The Morgan fingerprint density at radius 2 is 1.77 bits per heavy atom. The van der Waals surface area contributed by atoms with E-state index in [-0.39, 0.29) is 5.56 Å². The molecule has 0 unspecified atom stereocenters. The third kappa shape index (κ3) is 2.53. The molecule has 0 radical (unpaired) electrons. The van der Waals surface area contributed by atoms with Crippen molar-refractivity contribution < 1.29 is 5.11 Å². The molecule has 0 atom stereocenters. The second kappa shape index (κ2) is 5.07. The van der Waals surface area contributed by atoms with E-state index in [1.54, 1.807) is 19.9 Å². The van der Waals surface area contributed by atoms with Crippen molar-refractivity contribution in [1.82, 2.24) is 9.97 Å². The van der Waals surface area contributed by atoms with Gasteiger partial charge < -0.3 is 10.1 Å². The molecule has 2 aromatic carbocycles. The predicted molar refractivity (Wildman–Crippen MR) is 87.8 cm³/mol.